The molecule has 0 fully saturated rings. The number of carboxylic acid groups (broad SMARTS) is 1. The van der Waals surface area contributed by atoms with Gasteiger partial charge in [-0.2, -0.15) is 0 Å². The van der Waals surface area contributed by atoms with Gasteiger partial charge < -0.3 is 20.2 Å². The van der Waals surface area contributed by atoms with Crippen LogP contribution in [0.15, 0.2) is 60.7 Å². The molecule has 0 spiro atoms. The molecule has 1 aliphatic rings. The van der Waals surface area contributed by atoms with Gasteiger partial charge in [0, 0.05) is 35.5 Å². The van der Waals surface area contributed by atoms with E-state index in [1.807, 2.05) is 50.2 Å². The fourth-order valence-corrected chi connectivity index (χ4v) is 5.77. The molecule has 0 saturated carbocycles. The molecule has 2 aromatic carbocycles. The van der Waals surface area contributed by atoms with Crippen LogP contribution in [0.1, 0.15) is 64.9 Å². The van der Waals surface area contributed by atoms with E-state index in [1.165, 1.54) is 13.8 Å². The zero-order chi connectivity index (χ0) is 29.2. The topological polar surface area (TPSA) is 107 Å². The van der Waals surface area contributed by atoms with Crippen molar-refractivity contribution in [3.8, 4) is 0 Å². The highest BCUT2D eigenvalue weighted by molar-refractivity contribution is 7.16. The van der Waals surface area contributed by atoms with Gasteiger partial charge in [-0.05, 0) is 82.1 Å². The lowest BCUT2D eigenvalue weighted by Gasteiger charge is -2.40. The van der Waals surface area contributed by atoms with E-state index < -0.39 is 23.2 Å². The molecule has 0 radical (unpaired) electrons. The van der Waals surface area contributed by atoms with Crippen LogP contribution in [0.2, 0.25) is 5.02 Å². The normalized spacial score (nSPS) is 16.7. The molecule has 210 valence electrons. The van der Waals surface area contributed by atoms with E-state index in [-0.39, 0.29) is 24.4 Å². The number of benzene rings is 2. The number of nitrogens with zero attached hydrogens (tertiary/aromatic N) is 2. The van der Waals surface area contributed by atoms with Crippen molar-refractivity contribution in [1.29, 1.82) is 0 Å². The number of halogens is 1. The first-order chi connectivity index (χ1) is 18.9. The van der Waals surface area contributed by atoms with Crippen LogP contribution in [-0.2, 0) is 9.59 Å². The average molecular weight is 582 g/mol. The Bertz CT molecular complexity index is 1440. The van der Waals surface area contributed by atoms with Gasteiger partial charge in [-0.25, -0.2) is 0 Å². The molecule has 40 heavy (non-hydrogen) atoms. The van der Waals surface area contributed by atoms with Crippen LogP contribution in [-0.4, -0.2) is 47.9 Å². The number of fused-ring (bicyclic) bond motifs is 1. The summed E-state index contributed by atoms with van der Waals surface area (Å²) in [7, 11) is 0. The van der Waals surface area contributed by atoms with E-state index in [2.05, 4.69) is 5.32 Å². The summed E-state index contributed by atoms with van der Waals surface area (Å²) in [4.78, 5) is 55.7. The van der Waals surface area contributed by atoms with Crippen LogP contribution in [0.25, 0.3) is 0 Å². The molecule has 1 aliphatic heterocycles. The Morgan fingerprint density at radius 1 is 1.05 bits per heavy atom. The molecule has 2 N–H and O–H groups in total. The second kappa shape index (κ2) is 11.8. The second-order valence-corrected chi connectivity index (χ2v) is 12.0. The summed E-state index contributed by atoms with van der Waals surface area (Å²) in [5, 5.41) is 12.5. The number of anilines is 2. The highest BCUT2D eigenvalue weighted by Crippen LogP contribution is 2.41. The molecular weight excluding hydrogens is 550 g/mol. The minimum Gasteiger partial charge on any atom is -0.481 e. The largest absolute Gasteiger partial charge is 0.481 e. The molecule has 0 unspecified atom stereocenters. The average Bonchev–Trinajstić information content (AvgIpc) is 3.43. The van der Waals surface area contributed by atoms with E-state index in [9.17, 15) is 24.3 Å². The van der Waals surface area contributed by atoms with Crippen LogP contribution in [0, 0.1) is 5.41 Å². The van der Waals surface area contributed by atoms with Crippen molar-refractivity contribution in [3.05, 3.63) is 81.0 Å². The predicted octanol–water partition coefficient (Wildman–Crippen LogP) is 5.82. The number of carboxylic acids is 1. The van der Waals surface area contributed by atoms with E-state index >= 15 is 0 Å². The van der Waals surface area contributed by atoms with Gasteiger partial charge in [0.15, 0.2) is 0 Å². The Morgan fingerprint density at radius 2 is 1.70 bits per heavy atom. The molecule has 2 heterocycles. The molecule has 10 heteroatoms. The first-order valence-corrected chi connectivity index (χ1v) is 14.2. The summed E-state index contributed by atoms with van der Waals surface area (Å²) in [6, 6.07) is 17.5. The van der Waals surface area contributed by atoms with Crippen molar-refractivity contribution in [2.24, 2.45) is 5.41 Å². The van der Waals surface area contributed by atoms with Crippen molar-refractivity contribution in [3.63, 3.8) is 0 Å². The number of nitrogens with one attached hydrogen (secondary N) is 1. The van der Waals surface area contributed by atoms with Crippen molar-refractivity contribution in [2.45, 2.75) is 46.1 Å². The maximum Gasteiger partial charge on any atom is 0.310 e. The minimum atomic E-state index is -1.12. The molecule has 4 rings (SSSR count). The zero-order valence-corrected chi connectivity index (χ0v) is 24.4. The Morgan fingerprint density at radius 3 is 2.35 bits per heavy atom. The molecule has 0 saturated heterocycles. The number of para-hydroxylation sites is 1. The summed E-state index contributed by atoms with van der Waals surface area (Å²) in [6.07, 6.45) is 0.439. The van der Waals surface area contributed by atoms with E-state index in [0.717, 1.165) is 22.6 Å². The lowest BCUT2D eigenvalue weighted by atomic mass is 9.84. The standard InChI is InChI=1S/C30H32ClN3O5S/c1-5-33(20-12-10-19(31)11-13-20)27(36)22-16-18(2)34(23-9-7-6-8-21(22)23)28(37)25-15-14-24(40-25)26(35)32-17-30(3,4)29(38)39/h6-15,18,22H,5,16-17H2,1-4H3,(H,32,35)(H,38,39)/t18-,22-/m0/s1. The zero-order valence-electron chi connectivity index (χ0n) is 22.8. The number of rotatable bonds is 8. The van der Waals surface area contributed by atoms with Crippen LogP contribution in [0.5, 0.6) is 0 Å². The predicted molar refractivity (Wildman–Crippen MR) is 158 cm³/mol. The van der Waals surface area contributed by atoms with Crippen LogP contribution >= 0.6 is 22.9 Å². The molecule has 0 bridgehead atoms. The van der Waals surface area contributed by atoms with Crippen molar-refractivity contribution >= 4 is 58.0 Å². The van der Waals surface area contributed by atoms with Gasteiger partial charge in [0.2, 0.25) is 5.91 Å². The lowest BCUT2D eigenvalue weighted by Crippen LogP contribution is -2.46. The minimum absolute atomic E-state index is 0.0426. The summed E-state index contributed by atoms with van der Waals surface area (Å²) < 4.78 is 0. The number of hydrogen-bond acceptors (Lipinski definition) is 5. The van der Waals surface area contributed by atoms with E-state index in [4.69, 9.17) is 11.6 Å². The SMILES string of the molecule is CCN(C(=O)[C@H]1C[C@H](C)N(C(=O)c2ccc(C(=O)NCC(C)(C)C(=O)O)s2)c2ccccc21)c1ccc(Cl)cc1. The third kappa shape index (κ3) is 5.90. The fourth-order valence-electron chi connectivity index (χ4n) is 4.79. The monoisotopic (exact) mass is 581 g/mol. The Labute approximate surface area is 242 Å². The summed E-state index contributed by atoms with van der Waals surface area (Å²) >= 11 is 7.11. The highest BCUT2D eigenvalue weighted by atomic mass is 35.5. The van der Waals surface area contributed by atoms with Gasteiger partial charge in [0.1, 0.15) is 0 Å². The number of carbonyl (C=O) groups excluding carboxylic acids is 3. The summed E-state index contributed by atoms with van der Waals surface area (Å²) in [5.41, 5.74) is 1.08. The number of amides is 3. The summed E-state index contributed by atoms with van der Waals surface area (Å²) in [5.74, 6) is -2.19. The number of thiophene rings is 1. The van der Waals surface area contributed by atoms with Crippen LogP contribution in [0.4, 0.5) is 11.4 Å². The number of carbonyl (C=O) groups is 4. The van der Waals surface area contributed by atoms with Crippen molar-refractivity contribution in [2.75, 3.05) is 22.9 Å². The van der Waals surface area contributed by atoms with Gasteiger partial charge in [0.05, 0.1) is 21.1 Å². The van der Waals surface area contributed by atoms with Crippen LogP contribution < -0.4 is 15.1 Å². The third-order valence-corrected chi connectivity index (χ3v) is 8.46. The molecule has 1 aromatic heterocycles. The maximum absolute atomic E-state index is 13.8. The van der Waals surface area contributed by atoms with Crippen LogP contribution in [0.3, 0.4) is 0 Å². The van der Waals surface area contributed by atoms with Gasteiger partial charge in [-0.3, -0.25) is 19.2 Å². The molecule has 2 atom stereocenters. The van der Waals surface area contributed by atoms with Gasteiger partial charge in [-0.1, -0.05) is 29.8 Å². The molecule has 3 amide bonds. The molecule has 0 aliphatic carbocycles. The number of aliphatic carboxylic acids is 1. The first-order valence-electron chi connectivity index (χ1n) is 13.1. The third-order valence-electron chi connectivity index (χ3n) is 7.14. The lowest BCUT2D eigenvalue weighted by molar-refractivity contribution is -0.146. The maximum atomic E-state index is 13.8. The molecular formula is C30H32ClN3O5S. The van der Waals surface area contributed by atoms with E-state index in [1.54, 1.807) is 34.1 Å². The Kier molecular flexibility index (Phi) is 8.65. The Balaban J connectivity index is 1.57. The summed E-state index contributed by atoms with van der Waals surface area (Å²) in [6.45, 7) is 7.34. The van der Waals surface area contributed by atoms with E-state index in [0.29, 0.717) is 33.4 Å². The first kappa shape index (κ1) is 29.3. The quantitative estimate of drug-likeness (QED) is 0.349. The number of likely N-dealkylation sites (N-methyl/N-ethyl adjacent to an activating group) is 1. The van der Waals surface area contributed by atoms with Gasteiger partial charge in [-0.15, -0.1) is 11.3 Å². The van der Waals surface area contributed by atoms with Gasteiger partial charge in [0.25, 0.3) is 11.8 Å². The fraction of sp³-hybridized carbons (Fsp3) is 0.333. The second-order valence-electron chi connectivity index (χ2n) is 10.5. The molecule has 3 aromatic rings. The van der Waals surface area contributed by atoms with Crippen molar-refractivity contribution < 1.29 is 24.3 Å². The number of hydrogen-bond donors (Lipinski definition) is 2. The Hall–Kier alpha value is -3.69. The highest BCUT2D eigenvalue weighted by Gasteiger charge is 2.39. The van der Waals surface area contributed by atoms with Crippen molar-refractivity contribution in [1.82, 2.24) is 5.32 Å². The van der Waals surface area contributed by atoms with Gasteiger partial charge >= 0.3 is 5.97 Å². The molecule has 8 nitrogen and oxygen atoms in total. The smallest absolute Gasteiger partial charge is 0.310 e.